The van der Waals surface area contributed by atoms with Crippen LogP contribution in [-0.4, -0.2) is 70.5 Å². The minimum absolute atomic E-state index is 0.141. The molecule has 0 aromatic heterocycles. The van der Waals surface area contributed by atoms with Crippen molar-refractivity contribution in [2.45, 2.75) is 41.5 Å². The van der Waals surface area contributed by atoms with E-state index < -0.39 is 17.6 Å². The van der Waals surface area contributed by atoms with Gasteiger partial charge in [0.2, 0.25) is 0 Å². The Morgan fingerprint density at radius 3 is 1.15 bits per heavy atom. The molecule has 10 nitrogen and oxygen atoms in total. The second-order valence-electron chi connectivity index (χ2n) is 11.2. The predicted octanol–water partition coefficient (Wildman–Crippen LogP) is 8.67. The summed E-state index contributed by atoms with van der Waals surface area (Å²) >= 11 is 0. The zero-order valence-corrected chi connectivity index (χ0v) is 32.9. The number of nitrogens with zero attached hydrogens (tertiary/aromatic N) is 2. The summed E-state index contributed by atoms with van der Waals surface area (Å²) in [6.07, 6.45) is 3.95. The smallest absolute Gasteiger partial charge is 0.478 e. The molecule has 52 heavy (non-hydrogen) atoms. The molecule has 0 aliphatic rings. The van der Waals surface area contributed by atoms with E-state index in [0.29, 0.717) is 51.1 Å². The molecule has 0 N–H and O–H groups in total. The highest BCUT2D eigenvalue weighted by molar-refractivity contribution is 6.67. The number of hydrogen-bond donors (Lipinski definition) is 0. The highest BCUT2D eigenvalue weighted by Crippen LogP contribution is 2.46. The molecule has 0 saturated heterocycles. The molecule has 0 amide bonds. The fourth-order valence-corrected chi connectivity index (χ4v) is 10.3. The van der Waals surface area contributed by atoms with Crippen LogP contribution in [0.1, 0.15) is 52.7 Å². The van der Waals surface area contributed by atoms with E-state index in [-0.39, 0.29) is 13.2 Å². The van der Waals surface area contributed by atoms with Gasteiger partial charge in [0.05, 0.1) is 0 Å². The molecular formula is C40H48N2O8Si2. The Kier molecular flexibility index (Phi) is 15.6. The zero-order valence-electron chi connectivity index (χ0n) is 30.9. The molecule has 0 saturated carbocycles. The quantitative estimate of drug-likeness (QED) is 0.0768. The summed E-state index contributed by atoms with van der Waals surface area (Å²) in [5.74, 6) is 1.04. The summed E-state index contributed by atoms with van der Waals surface area (Å²) in [4.78, 5) is 0. The molecule has 12 heteroatoms. The van der Waals surface area contributed by atoms with Crippen molar-refractivity contribution in [3.05, 3.63) is 83.2 Å². The zero-order chi connectivity index (χ0) is 37.4. The van der Waals surface area contributed by atoms with Gasteiger partial charge in [0.1, 0.15) is 23.6 Å². The standard InChI is InChI=1S/C40H48N2O8Si2/c1-7-45-51(46-8-2,47-9-3)27-21-31-13-17-35-33(29-31)15-19-37(43-25-23-41)39(35)40-36-18-14-32(30-34(36)16-20-38(40)44-26-24-42)22-28-52(48-10-4,49-11-5)50-12-6/h13-22,27-30H,7-12,25-26H2,1-6H3/b27-21+,28-22+. The molecule has 4 aromatic rings. The molecule has 0 unspecified atom stereocenters. The van der Waals surface area contributed by atoms with Crippen molar-refractivity contribution in [3.63, 3.8) is 0 Å². The lowest BCUT2D eigenvalue weighted by molar-refractivity contribution is 0.0837. The maximum absolute atomic E-state index is 9.46. The van der Waals surface area contributed by atoms with Crippen molar-refractivity contribution < 1.29 is 36.0 Å². The summed E-state index contributed by atoms with van der Waals surface area (Å²) in [7, 11) is -6.03. The van der Waals surface area contributed by atoms with Crippen LogP contribution < -0.4 is 9.47 Å². The van der Waals surface area contributed by atoms with E-state index in [0.717, 1.165) is 43.8 Å². The van der Waals surface area contributed by atoms with Crippen LogP contribution in [-0.2, 0) is 26.6 Å². The van der Waals surface area contributed by atoms with E-state index in [4.69, 9.17) is 36.0 Å². The van der Waals surface area contributed by atoms with Crippen molar-refractivity contribution in [1.82, 2.24) is 0 Å². The van der Waals surface area contributed by atoms with E-state index >= 15 is 0 Å². The topological polar surface area (TPSA) is 121 Å². The minimum atomic E-state index is -3.02. The Balaban J connectivity index is 1.91. The SMILES string of the molecule is CCO[Si](/C=C/c1ccc2c(-c3c(OCC#N)ccc4cc(/C=C/[Si](OCC)(OCC)OCC)ccc34)c(OCC#N)ccc2c1)(OCC)OCC. The van der Waals surface area contributed by atoms with Gasteiger partial charge in [-0.25, -0.2) is 0 Å². The molecule has 0 spiro atoms. The summed E-state index contributed by atoms with van der Waals surface area (Å²) < 4.78 is 48.2. The van der Waals surface area contributed by atoms with E-state index in [1.165, 1.54) is 0 Å². The Bertz CT molecular complexity index is 1760. The van der Waals surface area contributed by atoms with Gasteiger partial charge in [-0.05, 0) is 110 Å². The van der Waals surface area contributed by atoms with Crippen molar-refractivity contribution in [1.29, 1.82) is 10.5 Å². The number of nitriles is 2. The normalized spacial score (nSPS) is 12.2. The van der Waals surface area contributed by atoms with Crippen LogP contribution in [0.4, 0.5) is 0 Å². The number of rotatable bonds is 21. The number of benzene rings is 4. The third kappa shape index (κ3) is 9.95. The summed E-state index contributed by atoms with van der Waals surface area (Å²) in [6.45, 7) is 14.1. The third-order valence-corrected chi connectivity index (χ3v) is 13.2. The fourth-order valence-electron chi connectivity index (χ4n) is 5.98. The molecule has 0 bridgehead atoms. The van der Waals surface area contributed by atoms with Gasteiger partial charge in [-0.15, -0.1) is 0 Å². The molecule has 274 valence electrons. The average Bonchev–Trinajstić information content (AvgIpc) is 3.14. The molecule has 0 atom stereocenters. The lowest BCUT2D eigenvalue weighted by atomic mass is 9.91. The van der Waals surface area contributed by atoms with Crippen LogP contribution in [0.15, 0.2) is 72.1 Å². The van der Waals surface area contributed by atoms with Gasteiger partial charge in [-0.3, -0.25) is 0 Å². The second kappa shape index (κ2) is 20.0. The lowest BCUT2D eigenvalue weighted by Gasteiger charge is -2.25. The molecule has 0 fully saturated rings. The highest BCUT2D eigenvalue weighted by atomic mass is 28.4. The van der Waals surface area contributed by atoms with Crippen LogP contribution >= 0.6 is 0 Å². The first-order valence-electron chi connectivity index (χ1n) is 17.7. The summed E-state index contributed by atoms with van der Waals surface area (Å²) in [5.41, 5.74) is 7.21. The van der Waals surface area contributed by atoms with Crippen LogP contribution in [0.2, 0.25) is 0 Å². The highest BCUT2D eigenvalue weighted by Gasteiger charge is 2.38. The van der Waals surface area contributed by atoms with Crippen molar-refractivity contribution in [2.24, 2.45) is 0 Å². The minimum Gasteiger partial charge on any atom is -0.478 e. The second-order valence-corrected chi connectivity index (χ2v) is 16.0. The molecule has 4 rings (SSSR count). The van der Waals surface area contributed by atoms with Gasteiger partial charge < -0.3 is 36.0 Å². The number of ether oxygens (including phenoxy) is 2. The molecule has 4 aromatic carbocycles. The fraction of sp³-hybridized carbons (Fsp3) is 0.350. The Labute approximate surface area is 309 Å². The van der Waals surface area contributed by atoms with Gasteiger partial charge in [-0.2, -0.15) is 10.5 Å². The van der Waals surface area contributed by atoms with Crippen LogP contribution in [0.25, 0.3) is 44.8 Å². The Morgan fingerprint density at radius 1 is 0.500 bits per heavy atom. The number of hydrogen-bond acceptors (Lipinski definition) is 10. The molecule has 0 heterocycles. The van der Waals surface area contributed by atoms with E-state index in [1.807, 2.05) is 114 Å². The van der Waals surface area contributed by atoms with E-state index in [2.05, 4.69) is 24.3 Å². The van der Waals surface area contributed by atoms with Crippen molar-refractivity contribution in [3.8, 4) is 34.8 Å². The van der Waals surface area contributed by atoms with E-state index in [1.54, 1.807) is 0 Å². The van der Waals surface area contributed by atoms with Crippen LogP contribution in [0.5, 0.6) is 11.5 Å². The van der Waals surface area contributed by atoms with Gasteiger partial charge in [-0.1, -0.05) is 48.6 Å². The monoisotopic (exact) mass is 740 g/mol. The third-order valence-electron chi connectivity index (χ3n) is 7.88. The first kappa shape index (κ1) is 40.4. The summed E-state index contributed by atoms with van der Waals surface area (Å²) in [5, 5.41) is 22.6. The van der Waals surface area contributed by atoms with Gasteiger partial charge in [0, 0.05) is 50.8 Å². The Hall–Kier alpha value is -4.35. The first-order chi connectivity index (χ1) is 25.4. The first-order valence-corrected chi connectivity index (χ1v) is 21.3. The van der Waals surface area contributed by atoms with Gasteiger partial charge >= 0.3 is 17.6 Å². The van der Waals surface area contributed by atoms with E-state index in [9.17, 15) is 10.5 Å². The maximum atomic E-state index is 9.46. The van der Waals surface area contributed by atoms with Gasteiger partial charge in [0.25, 0.3) is 0 Å². The average molecular weight is 741 g/mol. The lowest BCUT2D eigenvalue weighted by Crippen LogP contribution is -2.44. The molecule has 0 aliphatic carbocycles. The van der Waals surface area contributed by atoms with Crippen molar-refractivity contribution >= 4 is 51.3 Å². The summed E-state index contributed by atoms with van der Waals surface area (Å²) in [6, 6.07) is 24.1. The molecular weight excluding hydrogens is 693 g/mol. The Morgan fingerprint density at radius 2 is 0.846 bits per heavy atom. The van der Waals surface area contributed by atoms with Crippen molar-refractivity contribution in [2.75, 3.05) is 52.9 Å². The number of fused-ring (bicyclic) bond motifs is 2. The van der Waals surface area contributed by atoms with Crippen LogP contribution in [0.3, 0.4) is 0 Å². The maximum Gasteiger partial charge on any atom is 0.529 e. The molecule has 0 radical (unpaired) electrons. The largest absolute Gasteiger partial charge is 0.529 e. The van der Waals surface area contributed by atoms with Crippen LogP contribution in [0, 0.1) is 22.7 Å². The van der Waals surface area contributed by atoms with Gasteiger partial charge in [0.15, 0.2) is 13.2 Å². The predicted molar refractivity (Wildman–Crippen MR) is 208 cm³/mol. The molecule has 0 aliphatic heterocycles.